The van der Waals surface area contributed by atoms with Crippen molar-refractivity contribution < 1.29 is 9.13 Å². The molecule has 3 aromatic heterocycles. The predicted octanol–water partition coefficient (Wildman–Crippen LogP) is 4.55. The fraction of sp³-hybridized carbons (Fsp3) is 0.381. The summed E-state index contributed by atoms with van der Waals surface area (Å²) in [5.74, 6) is 2.40. The fourth-order valence-corrected chi connectivity index (χ4v) is 5.13. The van der Waals surface area contributed by atoms with Gasteiger partial charge in [0.25, 0.3) is 0 Å². The number of fused-ring (bicyclic) bond motifs is 3. The summed E-state index contributed by atoms with van der Waals surface area (Å²) >= 11 is 1.56. The zero-order valence-electron chi connectivity index (χ0n) is 16.5. The molecular formula is C21H21FN6OS. The Kier molecular flexibility index (Phi) is 4.14. The van der Waals surface area contributed by atoms with E-state index in [0.717, 1.165) is 51.3 Å². The number of aromatic amines is 1. The Morgan fingerprint density at radius 3 is 2.93 bits per heavy atom. The van der Waals surface area contributed by atoms with Gasteiger partial charge in [-0.25, -0.2) is 9.37 Å². The van der Waals surface area contributed by atoms with Gasteiger partial charge in [-0.3, -0.25) is 5.10 Å². The van der Waals surface area contributed by atoms with E-state index in [0.29, 0.717) is 17.7 Å². The highest BCUT2D eigenvalue weighted by Crippen LogP contribution is 2.41. The SMILES string of the molecule is CO[C@H]1CCN(c2nc(Nc3cc(C4CC4)[nH]n3)c3sc4ccc(F)cc4c3n2)C1. The molecule has 154 valence electrons. The third kappa shape index (κ3) is 3.09. The Morgan fingerprint density at radius 1 is 1.23 bits per heavy atom. The van der Waals surface area contributed by atoms with E-state index in [2.05, 4.69) is 26.5 Å². The standard InChI is InChI=1S/C21H21FN6OS/c1-29-13-6-7-28(10-13)21-24-18-14-8-12(22)4-5-16(14)30-19(18)20(25-21)23-17-9-15(26-27-17)11-2-3-11/h4-5,8-9,11,13H,2-3,6-7,10H2,1H3,(H2,23,24,25,26,27)/t13-/m0/s1. The summed E-state index contributed by atoms with van der Waals surface area (Å²) in [7, 11) is 1.73. The zero-order chi connectivity index (χ0) is 20.2. The molecule has 7 nitrogen and oxygen atoms in total. The van der Waals surface area contributed by atoms with Crippen LogP contribution >= 0.6 is 11.3 Å². The Balaban J connectivity index is 1.47. The number of benzene rings is 1. The Morgan fingerprint density at radius 2 is 2.13 bits per heavy atom. The van der Waals surface area contributed by atoms with E-state index >= 15 is 0 Å². The maximum Gasteiger partial charge on any atom is 0.228 e. The lowest BCUT2D eigenvalue weighted by Gasteiger charge is -2.17. The molecule has 0 spiro atoms. The third-order valence-corrected chi connectivity index (χ3v) is 7.05. The molecular weight excluding hydrogens is 403 g/mol. The highest BCUT2D eigenvalue weighted by molar-refractivity contribution is 7.26. The molecule has 1 atom stereocenters. The van der Waals surface area contributed by atoms with E-state index in [1.54, 1.807) is 30.6 Å². The van der Waals surface area contributed by atoms with Gasteiger partial charge in [0, 0.05) is 48.0 Å². The van der Waals surface area contributed by atoms with Gasteiger partial charge in [0.1, 0.15) is 5.82 Å². The Bertz CT molecular complexity index is 1250. The number of hydrogen-bond acceptors (Lipinski definition) is 7. The molecule has 0 bridgehead atoms. The lowest BCUT2D eigenvalue weighted by atomic mass is 10.2. The zero-order valence-corrected chi connectivity index (χ0v) is 17.3. The van der Waals surface area contributed by atoms with Gasteiger partial charge in [0.15, 0.2) is 11.6 Å². The highest BCUT2D eigenvalue weighted by Gasteiger charge is 2.27. The summed E-state index contributed by atoms with van der Waals surface area (Å²) in [6, 6.07) is 6.89. The molecule has 4 aromatic rings. The molecule has 4 heterocycles. The van der Waals surface area contributed by atoms with Crippen LogP contribution in [-0.2, 0) is 4.74 Å². The van der Waals surface area contributed by atoms with Crippen molar-refractivity contribution in [2.45, 2.75) is 31.3 Å². The minimum atomic E-state index is -0.265. The summed E-state index contributed by atoms with van der Waals surface area (Å²) < 4.78 is 21.4. The van der Waals surface area contributed by atoms with Crippen molar-refractivity contribution in [3.05, 3.63) is 35.8 Å². The van der Waals surface area contributed by atoms with Crippen LogP contribution in [0.3, 0.4) is 0 Å². The quantitative estimate of drug-likeness (QED) is 0.489. The molecule has 1 aromatic carbocycles. The summed E-state index contributed by atoms with van der Waals surface area (Å²) in [5.41, 5.74) is 1.92. The number of nitrogens with zero attached hydrogens (tertiary/aromatic N) is 4. The van der Waals surface area contributed by atoms with E-state index < -0.39 is 0 Å². The number of hydrogen-bond donors (Lipinski definition) is 2. The summed E-state index contributed by atoms with van der Waals surface area (Å²) in [4.78, 5) is 11.8. The Hall–Kier alpha value is -2.78. The average molecular weight is 425 g/mol. The summed E-state index contributed by atoms with van der Waals surface area (Å²) in [5, 5.41) is 11.7. The minimum Gasteiger partial charge on any atom is -0.380 e. The molecule has 1 aliphatic heterocycles. The molecule has 2 aliphatic rings. The van der Waals surface area contributed by atoms with E-state index in [9.17, 15) is 4.39 Å². The number of halogens is 1. The number of methoxy groups -OCH3 is 1. The second-order valence-electron chi connectivity index (χ2n) is 7.99. The van der Waals surface area contributed by atoms with Crippen LogP contribution in [0.4, 0.5) is 22.0 Å². The topological polar surface area (TPSA) is 79.0 Å². The number of nitrogens with one attached hydrogen (secondary N) is 2. The summed E-state index contributed by atoms with van der Waals surface area (Å²) in [6.45, 7) is 1.57. The van der Waals surface area contributed by atoms with Crippen molar-refractivity contribution in [3.63, 3.8) is 0 Å². The lowest BCUT2D eigenvalue weighted by Crippen LogP contribution is -2.24. The van der Waals surface area contributed by atoms with Gasteiger partial charge in [-0.05, 0) is 37.5 Å². The average Bonchev–Trinajstić information content (AvgIpc) is 3.15. The Labute approximate surface area is 176 Å². The first-order valence-electron chi connectivity index (χ1n) is 10.2. The van der Waals surface area contributed by atoms with Crippen molar-refractivity contribution in [1.29, 1.82) is 0 Å². The van der Waals surface area contributed by atoms with E-state index in [-0.39, 0.29) is 11.9 Å². The molecule has 9 heteroatoms. The van der Waals surface area contributed by atoms with E-state index in [1.807, 2.05) is 0 Å². The first-order chi connectivity index (χ1) is 14.7. The van der Waals surface area contributed by atoms with Gasteiger partial charge >= 0.3 is 0 Å². The predicted molar refractivity (Wildman–Crippen MR) is 116 cm³/mol. The van der Waals surface area contributed by atoms with Crippen molar-refractivity contribution in [3.8, 4) is 0 Å². The van der Waals surface area contributed by atoms with Crippen LogP contribution in [0.5, 0.6) is 0 Å². The van der Waals surface area contributed by atoms with Gasteiger partial charge in [-0.15, -0.1) is 11.3 Å². The van der Waals surface area contributed by atoms with Gasteiger partial charge in [0.05, 0.1) is 16.3 Å². The van der Waals surface area contributed by atoms with Crippen molar-refractivity contribution in [2.24, 2.45) is 0 Å². The second-order valence-corrected chi connectivity index (χ2v) is 9.04. The normalized spacial score (nSPS) is 19.3. The minimum absolute atomic E-state index is 0.171. The van der Waals surface area contributed by atoms with Crippen LogP contribution in [0, 0.1) is 5.82 Å². The number of thiophene rings is 1. The molecule has 1 aliphatic carbocycles. The maximum atomic E-state index is 14.0. The van der Waals surface area contributed by atoms with Gasteiger partial charge in [-0.1, -0.05) is 0 Å². The first kappa shape index (κ1) is 18.0. The van der Waals surface area contributed by atoms with E-state index in [4.69, 9.17) is 14.7 Å². The number of ether oxygens (including phenoxy) is 1. The van der Waals surface area contributed by atoms with Crippen molar-refractivity contribution >= 4 is 49.2 Å². The van der Waals surface area contributed by atoms with Crippen molar-refractivity contribution in [2.75, 3.05) is 30.4 Å². The van der Waals surface area contributed by atoms with Crippen LogP contribution in [0.15, 0.2) is 24.3 Å². The van der Waals surface area contributed by atoms with Crippen LogP contribution in [0.1, 0.15) is 30.9 Å². The van der Waals surface area contributed by atoms with Crippen LogP contribution in [0.25, 0.3) is 20.3 Å². The number of H-pyrrole nitrogens is 1. The number of anilines is 3. The molecule has 2 N–H and O–H groups in total. The van der Waals surface area contributed by atoms with Crippen LogP contribution in [0.2, 0.25) is 0 Å². The molecule has 1 saturated carbocycles. The van der Waals surface area contributed by atoms with Crippen LogP contribution < -0.4 is 10.2 Å². The molecule has 2 fully saturated rings. The molecule has 0 radical (unpaired) electrons. The largest absolute Gasteiger partial charge is 0.380 e. The first-order valence-corrected chi connectivity index (χ1v) is 11.0. The number of rotatable bonds is 5. The smallest absolute Gasteiger partial charge is 0.228 e. The monoisotopic (exact) mass is 424 g/mol. The van der Waals surface area contributed by atoms with Gasteiger partial charge in [0.2, 0.25) is 5.95 Å². The molecule has 0 amide bonds. The van der Waals surface area contributed by atoms with Gasteiger partial charge in [-0.2, -0.15) is 10.1 Å². The maximum absolute atomic E-state index is 14.0. The molecule has 6 rings (SSSR count). The van der Waals surface area contributed by atoms with Crippen LogP contribution in [-0.4, -0.2) is 46.5 Å². The van der Waals surface area contributed by atoms with E-state index in [1.165, 1.54) is 18.9 Å². The summed E-state index contributed by atoms with van der Waals surface area (Å²) in [6.07, 6.45) is 3.52. The van der Waals surface area contributed by atoms with Gasteiger partial charge < -0.3 is 15.0 Å². The molecule has 1 saturated heterocycles. The van der Waals surface area contributed by atoms with Crippen molar-refractivity contribution in [1.82, 2.24) is 20.2 Å². The third-order valence-electron chi connectivity index (χ3n) is 5.89. The number of aromatic nitrogens is 4. The highest BCUT2D eigenvalue weighted by atomic mass is 32.1. The molecule has 0 unspecified atom stereocenters. The lowest BCUT2D eigenvalue weighted by molar-refractivity contribution is 0.121. The molecule has 30 heavy (non-hydrogen) atoms. The fourth-order valence-electron chi connectivity index (χ4n) is 4.06. The second kappa shape index (κ2) is 6.88.